The van der Waals surface area contributed by atoms with Crippen LogP contribution in [0.2, 0.25) is 0 Å². The van der Waals surface area contributed by atoms with E-state index in [1.54, 1.807) is 0 Å². The molecule has 0 bridgehead atoms. The Morgan fingerprint density at radius 3 is 2.45 bits per heavy atom. The van der Waals surface area contributed by atoms with Gasteiger partial charge in [-0.15, -0.1) is 11.6 Å². The summed E-state index contributed by atoms with van der Waals surface area (Å²) in [4.78, 5) is 0. The zero-order valence-electron chi connectivity index (χ0n) is 7.45. The minimum Gasteiger partial charge on any atom is -0.310 e. The van der Waals surface area contributed by atoms with E-state index in [4.69, 9.17) is 11.6 Å². The van der Waals surface area contributed by atoms with Gasteiger partial charge in [0, 0.05) is 10.9 Å². The zero-order chi connectivity index (χ0) is 8.91. The zero-order valence-corrected chi connectivity index (χ0v) is 8.21. The molecule has 0 heterocycles. The lowest BCUT2D eigenvalue weighted by Gasteiger charge is -2.28. The molecule has 0 saturated carbocycles. The monoisotopic (exact) mass is 181 g/mol. The van der Waals surface area contributed by atoms with Gasteiger partial charge in [0.2, 0.25) is 0 Å². The summed E-state index contributed by atoms with van der Waals surface area (Å²) >= 11 is 5.89. The fourth-order valence-corrected chi connectivity index (χ4v) is 0.695. The fourth-order valence-electron chi connectivity index (χ4n) is 0.618. The van der Waals surface area contributed by atoms with Crippen LogP contribution in [0.15, 0.2) is 0 Å². The molecule has 68 valence electrons. The standard InChI is InChI=1S/C8H17ClFN/c1-7(9)8(2,3)11-6-4-5-10/h7,11H,4-6H2,1-3H3. The summed E-state index contributed by atoms with van der Waals surface area (Å²) in [6.45, 7) is 6.40. The van der Waals surface area contributed by atoms with E-state index in [1.807, 2.05) is 20.8 Å². The molecule has 0 aromatic heterocycles. The van der Waals surface area contributed by atoms with Gasteiger partial charge < -0.3 is 5.32 Å². The van der Waals surface area contributed by atoms with Crippen LogP contribution in [-0.2, 0) is 0 Å². The second kappa shape index (κ2) is 4.94. The van der Waals surface area contributed by atoms with Crippen molar-refractivity contribution in [2.75, 3.05) is 13.2 Å². The molecule has 0 fully saturated rings. The number of hydrogen-bond donors (Lipinski definition) is 1. The minimum absolute atomic E-state index is 0.0575. The summed E-state index contributed by atoms with van der Waals surface area (Å²) in [5.41, 5.74) is -0.100. The predicted molar refractivity (Wildman–Crippen MR) is 48.0 cm³/mol. The third-order valence-corrected chi connectivity index (χ3v) is 2.43. The maximum Gasteiger partial charge on any atom is 0.0906 e. The first kappa shape index (κ1) is 11.2. The molecule has 1 nitrogen and oxygen atoms in total. The smallest absolute Gasteiger partial charge is 0.0906 e. The molecule has 0 amide bonds. The van der Waals surface area contributed by atoms with Crippen LogP contribution in [0.4, 0.5) is 4.39 Å². The van der Waals surface area contributed by atoms with Crippen molar-refractivity contribution in [2.24, 2.45) is 0 Å². The number of nitrogens with one attached hydrogen (secondary N) is 1. The lowest BCUT2D eigenvalue weighted by atomic mass is 10.0. The fraction of sp³-hybridized carbons (Fsp3) is 1.00. The van der Waals surface area contributed by atoms with E-state index in [1.165, 1.54) is 0 Å². The summed E-state index contributed by atoms with van der Waals surface area (Å²) in [7, 11) is 0. The van der Waals surface area contributed by atoms with Gasteiger partial charge in [-0.2, -0.15) is 0 Å². The van der Waals surface area contributed by atoms with Gasteiger partial charge in [0.1, 0.15) is 0 Å². The van der Waals surface area contributed by atoms with Crippen LogP contribution in [0, 0.1) is 0 Å². The SMILES string of the molecule is CC(Cl)C(C)(C)NCCCF. The lowest BCUT2D eigenvalue weighted by Crippen LogP contribution is -2.46. The lowest BCUT2D eigenvalue weighted by molar-refractivity contribution is 0.362. The topological polar surface area (TPSA) is 12.0 Å². The molecule has 1 atom stereocenters. The summed E-state index contributed by atoms with van der Waals surface area (Å²) in [5, 5.41) is 3.24. The molecule has 0 aliphatic heterocycles. The highest BCUT2D eigenvalue weighted by atomic mass is 35.5. The van der Waals surface area contributed by atoms with Gasteiger partial charge in [0.25, 0.3) is 0 Å². The molecule has 0 spiro atoms. The van der Waals surface area contributed by atoms with Crippen LogP contribution < -0.4 is 5.32 Å². The van der Waals surface area contributed by atoms with Crippen molar-refractivity contribution in [3.63, 3.8) is 0 Å². The molecule has 0 aromatic rings. The molecule has 0 rings (SSSR count). The van der Waals surface area contributed by atoms with E-state index in [0.717, 1.165) is 0 Å². The Balaban J connectivity index is 3.55. The summed E-state index contributed by atoms with van der Waals surface area (Å²) < 4.78 is 11.7. The summed E-state index contributed by atoms with van der Waals surface area (Å²) in [6, 6.07) is 0. The summed E-state index contributed by atoms with van der Waals surface area (Å²) in [5.74, 6) is 0. The highest BCUT2D eigenvalue weighted by Gasteiger charge is 2.22. The van der Waals surface area contributed by atoms with E-state index in [9.17, 15) is 4.39 Å². The molecule has 11 heavy (non-hydrogen) atoms. The van der Waals surface area contributed by atoms with Crippen LogP contribution in [-0.4, -0.2) is 24.1 Å². The van der Waals surface area contributed by atoms with Crippen molar-refractivity contribution in [1.82, 2.24) is 5.32 Å². The van der Waals surface area contributed by atoms with Gasteiger partial charge in [-0.05, 0) is 33.7 Å². The van der Waals surface area contributed by atoms with Crippen molar-refractivity contribution in [1.29, 1.82) is 0 Å². The molecular weight excluding hydrogens is 165 g/mol. The Bertz CT molecular complexity index is 104. The minimum atomic E-state index is -0.264. The molecule has 3 heteroatoms. The normalized spacial score (nSPS) is 15.0. The number of alkyl halides is 2. The van der Waals surface area contributed by atoms with Crippen LogP contribution in [0.25, 0.3) is 0 Å². The van der Waals surface area contributed by atoms with E-state index in [0.29, 0.717) is 13.0 Å². The van der Waals surface area contributed by atoms with Crippen LogP contribution in [0.5, 0.6) is 0 Å². The third kappa shape index (κ3) is 4.59. The Morgan fingerprint density at radius 1 is 1.55 bits per heavy atom. The number of rotatable bonds is 5. The molecule has 0 aliphatic carbocycles. The van der Waals surface area contributed by atoms with E-state index in [-0.39, 0.29) is 17.6 Å². The molecule has 1 unspecified atom stereocenters. The molecule has 0 aromatic carbocycles. The molecule has 0 radical (unpaired) electrons. The largest absolute Gasteiger partial charge is 0.310 e. The molecular formula is C8H17ClFN. The molecule has 0 aliphatic rings. The maximum atomic E-state index is 11.7. The number of halogens is 2. The average Bonchev–Trinajstić information content (AvgIpc) is 1.88. The first-order valence-electron chi connectivity index (χ1n) is 3.96. The van der Waals surface area contributed by atoms with Gasteiger partial charge in [-0.1, -0.05) is 0 Å². The van der Waals surface area contributed by atoms with Crippen LogP contribution >= 0.6 is 11.6 Å². The highest BCUT2D eigenvalue weighted by Crippen LogP contribution is 2.14. The quantitative estimate of drug-likeness (QED) is 0.507. The van der Waals surface area contributed by atoms with Gasteiger partial charge >= 0.3 is 0 Å². The predicted octanol–water partition coefficient (Wildman–Crippen LogP) is 2.34. The first-order valence-corrected chi connectivity index (χ1v) is 4.39. The van der Waals surface area contributed by atoms with Crippen molar-refractivity contribution >= 4 is 11.6 Å². The Labute approximate surface area is 73.3 Å². The Hall–Kier alpha value is 0.180. The van der Waals surface area contributed by atoms with E-state index < -0.39 is 0 Å². The van der Waals surface area contributed by atoms with Crippen molar-refractivity contribution in [3.05, 3.63) is 0 Å². The Morgan fingerprint density at radius 2 is 2.09 bits per heavy atom. The van der Waals surface area contributed by atoms with Crippen molar-refractivity contribution in [3.8, 4) is 0 Å². The van der Waals surface area contributed by atoms with E-state index >= 15 is 0 Å². The summed E-state index contributed by atoms with van der Waals surface area (Å²) in [6.07, 6.45) is 0.563. The maximum absolute atomic E-state index is 11.7. The first-order chi connectivity index (χ1) is 5.00. The van der Waals surface area contributed by atoms with Gasteiger partial charge in [-0.25, -0.2) is 0 Å². The third-order valence-electron chi connectivity index (χ3n) is 1.89. The van der Waals surface area contributed by atoms with Gasteiger partial charge in [-0.3, -0.25) is 4.39 Å². The van der Waals surface area contributed by atoms with Gasteiger partial charge in [0.15, 0.2) is 0 Å². The second-order valence-corrected chi connectivity index (χ2v) is 3.96. The molecule has 1 N–H and O–H groups in total. The Kier molecular flexibility index (Phi) is 5.02. The second-order valence-electron chi connectivity index (χ2n) is 3.31. The average molecular weight is 182 g/mol. The number of hydrogen-bond acceptors (Lipinski definition) is 1. The highest BCUT2D eigenvalue weighted by molar-refractivity contribution is 6.21. The van der Waals surface area contributed by atoms with Crippen molar-refractivity contribution < 1.29 is 4.39 Å². The van der Waals surface area contributed by atoms with Crippen molar-refractivity contribution in [2.45, 2.75) is 38.1 Å². The van der Waals surface area contributed by atoms with E-state index in [2.05, 4.69) is 5.32 Å². The van der Waals surface area contributed by atoms with Crippen LogP contribution in [0.3, 0.4) is 0 Å². The van der Waals surface area contributed by atoms with Crippen LogP contribution in [0.1, 0.15) is 27.2 Å². The van der Waals surface area contributed by atoms with Gasteiger partial charge in [0.05, 0.1) is 6.67 Å². The molecule has 0 saturated heterocycles.